The van der Waals surface area contributed by atoms with E-state index in [-0.39, 0.29) is 5.91 Å². The van der Waals surface area contributed by atoms with Crippen molar-refractivity contribution >= 4 is 28.6 Å². The highest BCUT2D eigenvalue weighted by atomic mass is 16.2. The number of nitrogens with one attached hydrogen (secondary N) is 2. The van der Waals surface area contributed by atoms with Gasteiger partial charge in [0.15, 0.2) is 0 Å². The van der Waals surface area contributed by atoms with Gasteiger partial charge in [-0.15, -0.1) is 0 Å². The van der Waals surface area contributed by atoms with Gasteiger partial charge in [0.25, 0.3) is 5.91 Å². The fourth-order valence-corrected chi connectivity index (χ4v) is 4.50. The molecule has 0 aromatic heterocycles. The molecule has 0 unspecified atom stereocenters. The van der Waals surface area contributed by atoms with E-state index in [0.717, 1.165) is 44.9 Å². The molecule has 0 saturated carbocycles. The maximum atomic E-state index is 13.3. The Morgan fingerprint density at radius 1 is 0.829 bits per heavy atom. The minimum atomic E-state index is -0.418. The second-order valence-corrected chi connectivity index (χ2v) is 9.57. The molecule has 1 aliphatic heterocycles. The van der Waals surface area contributed by atoms with Crippen LogP contribution in [0.25, 0.3) is 22.4 Å². The Labute approximate surface area is 206 Å². The lowest BCUT2D eigenvalue weighted by molar-refractivity contribution is -0.110. The molecule has 4 N–H and O–H groups in total. The van der Waals surface area contributed by atoms with Gasteiger partial charge in [-0.1, -0.05) is 78.9 Å². The molecule has 4 aromatic carbocycles. The lowest BCUT2D eigenvalue weighted by Crippen LogP contribution is -2.28. The molecule has 35 heavy (non-hydrogen) atoms. The van der Waals surface area contributed by atoms with Crippen LogP contribution in [0.15, 0.2) is 97.1 Å². The molecule has 4 aromatic rings. The topological polar surface area (TPSA) is 67.2 Å². The number of nitrogens with two attached hydrogens (primary N) is 1. The first kappa shape index (κ1) is 22.6. The Bertz CT molecular complexity index is 1430. The average molecular weight is 460 g/mol. The van der Waals surface area contributed by atoms with Crippen molar-refractivity contribution in [2.45, 2.75) is 26.3 Å². The van der Waals surface area contributed by atoms with Gasteiger partial charge < -0.3 is 16.4 Å². The third kappa shape index (κ3) is 4.48. The van der Waals surface area contributed by atoms with E-state index in [1.54, 1.807) is 0 Å². The summed E-state index contributed by atoms with van der Waals surface area (Å²) >= 11 is 0. The number of hydrogen-bond acceptors (Lipinski definition) is 3. The van der Waals surface area contributed by atoms with Gasteiger partial charge in [-0.2, -0.15) is 0 Å². The zero-order valence-electron chi connectivity index (χ0n) is 20.2. The number of benzene rings is 4. The Balaban J connectivity index is 1.60. The molecule has 0 bridgehead atoms. The maximum absolute atomic E-state index is 13.3. The Morgan fingerprint density at radius 3 is 2.20 bits per heavy atom. The molecule has 0 aliphatic carbocycles. The van der Waals surface area contributed by atoms with Crippen molar-refractivity contribution in [1.29, 1.82) is 0 Å². The van der Waals surface area contributed by atoms with Crippen LogP contribution in [0.4, 0.5) is 11.4 Å². The van der Waals surface area contributed by atoms with Crippen LogP contribution in [0.1, 0.15) is 36.1 Å². The van der Waals surface area contributed by atoms with E-state index in [4.69, 9.17) is 5.73 Å². The van der Waals surface area contributed by atoms with Gasteiger partial charge in [-0.3, -0.25) is 4.79 Å². The van der Waals surface area contributed by atoms with Crippen LogP contribution >= 0.6 is 0 Å². The summed E-state index contributed by atoms with van der Waals surface area (Å²) in [4.78, 5) is 13.3. The van der Waals surface area contributed by atoms with Gasteiger partial charge in [0, 0.05) is 22.5 Å². The molecule has 0 radical (unpaired) electrons. The van der Waals surface area contributed by atoms with E-state index in [9.17, 15) is 4.79 Å². The maximum Gasteiger partial charge on any atom is 0.258 e. The molecule has 4 nitrogen and oxygen atoms in total. The summed E-state index contributed by atoms with van der Waals surface area (Å²) < 4.78 is 0. The largest absolute Gasteiger partial charge is 0.354 e. The summed E-state index contributed by atoms with van der Waals surface area (Å²) in [6, 6.07) is 32.5. The summed E-state index contributed by atoms with van der Waals surface area (Å²) in [5.41, 5.74) is 15.3. The third-order valence-electron chi connectivity index (χ3n) is 6.43. The molecule has 0 atom stereocenters. The van der Waals surface area contributed by atoms with E-state index in [2.05, 4.69) is 41.8 Å². The number of amides is 1. The predicted octanol–water partition coefficient (Wildman–Crippen LogP) is 6.79. The molecule has 1 aliphatic rings. The number of hydrogen-bond donors (Lipinski definition) is 3. The smallest absolute Gasteiger partial charge is 0.258 e. The number of carbonyl (C=O) groups excluding carboxylic acids is 1. The van der Waals surface area contributed by atoms with Crippen molar-refractivity contribution in [2.75, 3.05) is 10.6 Å². The fourth-order valence-electron chi connectivity index (χ4n) is 4.50. The number of anilines is 2. The first-order valence-electron chi connectivity index (χ1n) is 11.8. The molecule has 174 valence electrons. The second kappa shape index (κ2) is 8.90. The third-order valence-corrected chi connectivity index (χ3v) is 6.43. The van der Waals surface area contributed by atoms with Gasteiger partial charge in [0.2, 0.25) is 0 Å². The van der Waals surface area contributed by atoms with E-state index in [1.807, 2.05) is 86.6 Å². The molecule has 1 heterocycles. The van der Waals surface area contributed by atoms with Gasteiger partial charge in [-0.05, 0) is 66.8 Å². The average Bonchev–Trinajstić information content (AvgIpc) is 3.18. The lowest BCUT2D eigenvalue weighted by Gasteiger charge is -2.20. The van der Waals surface area contributed by atoms with Crippen LogP contribution in [-0.4, -0.2) is 5.91 Å². The zero-order chi connectivity index (χ0) is 24.6. The molecule has 1 amide bonds. The minimum absolute atomic E-state index is 0.118. The van der Waals surface area contributed by atoms with Crippen molar-refractivity contribution in [3.8, 4) is 11.1 Å². The predicted molar refractivity (Wildman–Crippen MR) is 146 cm³/mol. The zero-order valence-corrected chi connectivity index (χ0v) is 20.2. The summed E-state index contributed by atoms with van der Waals surface area (Å²) in [5, 5.41) is 6.61. The summed E-state index contributed by atoms with van der Waals surface area (Å²) in [5.74, 6) is -0.118. The summed E-state index contributed by atoms with van der Waals surface area (Å²) in [6.45, 7) is 6.07. The minimum Gasteiger partial charge on any atom is -0.354 e. The Kier molecular flexibility index (Phi) is 5.75. The standard InChI is InChI=1S/C31H29N3O/c1-20-9-7-8-12-25(20)22-13-18-26-27(19-22)34-30(35)28(26)29(21-10-5-4-6-11-21)33-24-16-14-23(15-17-24)31(2,3)32/h4-19,33H,32H2,1-3H3,(H,34,35)/b29-28+. The van der Waals surface area contributed by atoms with Crippen LogP contribution in [-0.2, 0) is 10.3 Å². The highest BCUT2D eigenvalue weighted by Gasteiger charge is 2.29. The molecule has 0 saturated heterocycles. The Morgan fingerprint density at radius 2 is 1.51 bits per heavy atom. The van der Waals surface area contributed by atoms with Crippen molar-refractivity contribution < 1.29 is 4.79 Å². The van der Waals surface area contributed by atoms with E-state index in [0.29, 0.717) is 5.57 Å². The highest BCUT2D eigenvalue weighted by Crippen LogP contribution is 2.40. The SMILES string of the molecule is Cc1ccccc1-c1ccc2c(c1)NC(=O)/C2=C(/Nc1ccc(C(C)(C)N)cc1)c1ccccc1. The normalized spacial score (nSPS) is 14.3. The first-order valence-corrected chi connectivity index (χ1v) is 11.8. The van der Waals surface area contributed by atoms with Crippen LogP contribution in [0, 0.1) is 6.92 Å². The quantitative estimate of drug-likeness (QED) is 0.288. The van der Waals surface area contributed by atoms with Crippen molar-refractivity contribution in [3.63, 3.8) is 0 Å². The number of fused-ring (bicyclic) bond motifs is 1. The summed E-state index contributed by atoms with van der Waals surface area (Å²) in [6.07, 6.45) is 0. The first-order chi connectivity index (χ1) is 16.8. The van der Waals surface area contributed by atoms with E-state index in [1.165, 1.54) is 5.56 Å². The van der Waals surface area contributed by atoms with Crippen LogP contribution < -0.4 is 16.4 Å². The van der Waals surface area contributed by atoms with Crippen LogP contribution in [0.5, 0.6) is 0 Å². The van der Waals surface area contributed by atoms with E-state index < -0.39 is 5.54 Å². The van der Waals surface area contributed by atoms with Crippen LogP contribution in [0.3, 0.4) is 0 Å². The van der Waals surface area contributed by atoms with Gasteiger partial charge in [0.1, 0.15) is 0 Å². The number of rotatable bonds is 5. The molecule has 0 spiro atoms. The number of carbonyl (C=O) groups is 1. The van der Waals surface area contributed by atoms with Crippen LogP contribution in [0.2, 0.25) is 0 Å². The highest BCUT2D eigenvalue weighted by molar-refractivity contribution is 6.37. The molecule has 5 rings (SSSR count). The van der Waals surface area contributed by atoms with Gasteiger partial charge >= 0.3 is 0 Å². The summed E-state index contributed by atoms with van der Waals surface area (Å²) in [7, 11) is 0. The molecule has 4 heteroatoms. The monoisotopic (exact) mass is 459 g/mol. The van der Waals surface area contributed by atoms with Crippen molar-refractivity contribution in [2.24, 2.45) is 5.73 Å². The fraction of sp³-hybridized carbons (Fsp3) is 0.129. The molecule has 0 fully saturated rings. The molecular weight excluding hydrogens is 430 g/mol. The molecular formula is C31H29N3O. The second-order valence-electron chi connectivity index (χ2n) is 9.57. The van der Waals surface area contributed by atoms with E-state index >= 15 is 0 Å². The van der Waals surface area contributed by atoms with Gasteiger partial charge in [-0.25, -0.2) is 0 Å². The van der Waals surface area contributed by atoms with Gasteiger partial charge in [0.05, 0.1) is 11.3 Å². The van der Waals surface area contributed by atoms with Crippen molar-refractivity contribution in [3.05, 3.63) is 119 Å². The number of aryl methyl sites for hydroxylation is 1. The lowest BCUT2D eigenvalue weighted by atomic mass is 9.95. The van der Waals surface area contributed by atoms with Crippen molar-refractivity contribution in [1.82, 2.24) is 0 Å². The Hall–Kier alpha value is -4.15.